The smallest absolute Gasteiger partial charge is 0.286 e. The molecule has 160 valence electrons. The van der Waals surface area contributed by atoms with E-state index in [1.165, 1.54) is 17.8 Å². The Morgan fingerprint density at radius 2 is 1.90 bits per heavy atom. The first-order valence-corrected chi connectivity index (χ1v) is 11.6. The van der Waals surface area contributed by atoms with Crippen LogP contribution in [0.3, 0.4) is 0 Å². The van der Waals surface area contributed by atoms with Gasteiger partial charge in [-0.15, -0.1) is 0 Å². The Balaban J connectivity index is 1.27. The van der Waals surface area contributed by atoms with Crippen LogP contribution in [-0.4, -0.2) is 48.7 Å². The number of methoxy groups -OCH3 is 1. The number of hydrogen-bond donors (Lipinski definition) is 0. The monoisotopic (exact) mass is 448 g/mol. The lowest BCUT2D eigenvalue weighted by atomic mass is 9.90. The summed E-state index contributed by atoms with van der Waals surface area (Å²) in [6, 6.07) is 12.2. The first kappa shape index (κ1) is 21.5. The second-order valence-electron chi connectivity index (χ2n) is 8.00. The van der Waals surface area contributed by atoms with Gasteiger partial charge in [-0.25, -0.2) is 4.39 Å². The minimum Gasteiger partial charge on any atom is -0.497 e. The van der Waals surface area contributed by atoms with Gasteiger partial charge in [0.15, 0.2) is 0 Å². The highest BCUT2D eigenvalue weighted by Gasteiger charge is 2.33. The molecule has 30 heavy (non-hydrogen) atoms. The summed E-state index contributed by atoms with van der Waals surface area (Å²) in [6.07, 6.45) is 2.97. The number of amides is 1. The van der Waals surface area contributed by atoms with Crippen molar-refractivity contribution in [3.63, 3.8) is 0 Å². The highest BCUT2D eigenvalue weighted by Crippen LogP contribution is 2.33. The molecule has 0 radical (unpaired) electrons. The van der Waals surface area contributed by atoms with Gasteiger partial charge in [-0.05, 0) is 86.3 Å². The van der Waals surface area contributed by atoms with Gasteiger partial charge in [-0.1, -0.05) is 23.4 Å². The summed E-state index contributed by atoms with van der Waals surface area (Å²) < 4.78 is 18.7. The maximum atomic E-state index is 13.5. The Morgan fingerprint density at radius 3 is 2.60 bits per heavy atom. The molecule has 1 amide bonds. The molecule has 2 aliphatic rings. The highest BCUT2D eigenvalue weighted by atomic mass is 35.5. The first-order valence-electron chi connectivity index (χ1n) is 10.3. The lowest BCUT2D eigenvalue weighted by Crippen LogP contribution is -2.39. The van der Waals surface area contributed by atoms with Crippen molar-refractivity contribution in [3.8, 4) is 5.75 Å². The topological polar surface area (TPSA) is 32.8 Å². The Hall–Kier alpha value is -1.76. The SMILES string of the molecule is COc1ccc(N2CC(CN3CCC(Cc4cc(F)ccc4Cl)CC3)SC2=O)cc1. The number of benzene rings is 2. The molecule has 2 heterocycles. The lowest BCUT2D eigenvalue weighted by Gasteiger charge is -2.33. The molecule has 4 nitrogen and oxygen atoms in total. The van der Waals surface area contributed by atoms with E-state index in [0.717, 1.165) is 62.4 Å². The summed E-state index contributed by atoms with van der Waals surface area (Å²) >= 11 is 7.66. The molecule has 2 fully saturated rings. The molecule has 2 saturated heterocycles. The molecule has 0 saturated carbocycles. The molecule has 7 heteroatoms. The van der Waals surface area contributed by atoms with Crippen LogP contribution >= 0.6 is 23.4 Å². The van der Waals surface area contributed by atoms with Gasteiger partial charge in [0, 0.05) is 29.0 Å². The molecule has 2 aromatic carbocycles. The van der Waals surface area contributed by atoms with E-state index < -0.39 is 0 Å². The zero-order valence-corrected chi connectivity index (χ0v) is 18.6. The van der Waals surface area contributed by atoms with Crippen LogP contribution in [0.25, 0.3) is 0 Å². The van der Waals surface area contributed by atoms with Crippen LogP contribution in [-0.2, 0) is 6.42 Å². The number of piperidine rings is 1. The van der Waals surface area contributed by atoms with E-state index in [0.29, 0.717) is 10.9 Å². The number of hydrogen-bond acceptors (Lipinski definition) is 4. The second kappa shape index (κ2) is 9.58. The fourth-order valence-corrected chi connectivity index (χ4v) is 5.56. The van der Waals surface area contributed by atoms with E-state index in [-0.39, 0.29) is 16.3 Å². The molecule has 2 aliphatic heterocycles. The quantitative estimate of drug-likeness (QED) is 0.585. The maximum Gasteiger partial charge on any atom is 0.286 e. The van der Waals surface area contributed by atoms with Crippen molar-refractivity contribution < 1.29 is 13.9 Å². The van der Waals surface area contributed by atoms with Crippen molar-refractivity contribution in [2.75, 3.05) is 38.2 Å². The van der Waals surface area contributed by atoms with Crippen molar-refractivity contribution in [2.45, 2.75) is 24.5 Å². The third kappa shape index (κ3) is 5.10. The van der Waals surface area contributed by atoms with E-state index in [1.54, 1.807) is 19.2 Å². The number of nitrogens with zero attached hydrogens (tertiary/aromatic N) is 2. The number of thioether (sulfide) groups is 1. The van der Waals surface area contributed by atoms with Gasteiger partial charge in [0.05, 0.1) is 7.11 Å². The molecule has 0 spiro atoms. The van der Waals surface area contributed by atoms with Crippen LogP contribution in [0.15, 0.2) is 42.5 Å². The molecule has 4 rings (SSSR count). The molecule has 0 aromatic heterocycles. The fraction of sp³-hybridized carbons (Fsp3) is 0.435. The molecule has 2 aromatic rings. The van der Waals surface area contributed by atoms with Crippen LogP contribution in [0, 0.1) is 11.7 Å². The van der Waals surface area contributed by atoms with Crippen LogP contribution in [0.4, 0.5) is 14.9 Å². The number of anilines is 1. The van der Waals surface area contributed by atoms with Gasteiger partial charge in [-0.2, -0.15) is 0 Å². The Bertz CT molecular complexity index is 887. The van der Waals surface area contributed by atoms with E-state index in [2.05, 4.69) is 4.90 Å². The first-order chi connectivity index (χ1) is 14.5. The fourth-order valence-electron chi connectivity index (χ4n) is 4.26. The maximum absolute atomic E-state index is 13.5. The minimum atomic E-state index is -0.226. The zero-order chi connectivity index (χ0) is 21.1. The number of carbonyl (C=O) groups is 1. The Kier molecular flexibility index (Phi) is 6.86. The summed E-state index contributed by atoms with van der Waals surface area (Å²) in [4.78, 5) is 16.8. The summed E-state index contributed by atoms with van der Waals surface area (Å²) in [5.41, 5.74) is 1.82. The molecule has 0 N–H and O–H groups in total. The number of carbonyl (C=O) groups excluding carboxylic acids is 1. The van der Waals surface area contributed by atoms with Crippen LogP contribution in [0.2, 0.25) is 5.02 Å². The van der Waals surface area contributed by atoms with Gasteiger partial charge in [0.2, 0.25) is 0 Å². The molecule has 0 aliphatic carbocycles. The van der Waals surface area contributed by atoms with Crippen molar-refractivity contribution in [3.05, 3.63) is 58.9 Å². The Labute approximate surface area is 186 Å². The van der Waals surface area contributed by atoms with Gasteiger partial charge in [0.25, 0.3) is 5.24 Å². The van der Waals surface area contributed by atoms with Crippen molar-refractivity contribution in [1.82, 2.24) is 4.90 Å². The third-order valence-corrected chi connectivity index (χ3v) is 7.37. The van der Waals surface area contributed by atoms with Crippen molar-refractivity contribution in [2.24, 2.45) is 5.92 Å². The van der Waals surface area contributed by atoms with Gasteiger partial charge in [0.1, 0.15) is 11.6 Å². The number of likely N-dealkylation sites (tertiary alicyclic amines) is 1. The molecule has 1 atom stereocenters. The molecule has 0 bridgehead atoms. The average molecular weight is 449 g/mol. The van der Waals surface area contributed by atoms with E-state index >= 15 is 0 Å². The lowest BCUT2D eigenvalue weighted by molar-refractivity contribution is 0.185. The van der Waals surface area contributed by atoms with E-state index in [4.69, 9.17) is 16.3 Å². The highest BCUT2D eigenvalue weighted by molar-refractivity contribution is 8.14. The average Bonchev–Trinajstić information content (AvgIpc) is 3.12. The third-order valence-electron chi connectivity index (χ3n) is 5.94. The van der Waals surface area contributed by atoms with Crippen LogP contribution < -0.4 is 9.64 Å². The summed E-state index contributed by atoms with van der Waals surface area (Å²) in [5.74, 6) is 1.09. The predicted octanol–water partition coefficient (Wildman–Crippen LogP) is 5.48. The normalized spacial score (nSPS) is 20.7. The van der Waals surface area contributed by atoms with Gasteiger partial charge < -0.3 is 14.5 Å². The standard InChI is InChI=1S/C23H26ClFN2O2S/c1-29-20-5-3-19(4-6-20)27-15-21(30-23(27)28)14-26-10-8-16(9-11-26)12-17-13-18(25)2-7-22(17)24/h2-7,13,16,21H,8-12,14-15H2,1H3. The molecule has 1 unspecified atom stereocenters. The minimum absolute atomic E-state index is 0.112. The van der Waals surface area contributed by atoms with Gasteiger partial charge >= 0.3 is 0 Å². The number of halogens is 2. The number of rotatable bonds is 6. The van der Waals surface area contributed by atoms with E-state index in [1.807, 2.05) is 29.2 Å². The number of ether oxygens (including phenoxy) is 1. The molecular weight excluding hydrogens is 423 g/mol. The molecular formula is C23H26ClFN2O2S. The van der Waals surface area contributed by atoms with Crippen molar-refractivity contribution in [1.29, 1.82) is 0 Å². The zero-order valence-electron chi connectivity index (χ0n) is 17.0. The largest absolute Gasteiger partial charge is 0.497 e. The summed E-state index contributed by atoms with van der Waals surface area (Å²) in [7, 11) is 1.64. The van der Waals surface area contributed by atoms with E-state index in [9.17, 15) is 9.18 Å². The van der Waals surface area contributed by atoms with Gasteiger partial charge in [-0.3, -0.25) is 4.79 Å². The Morgan fingerprint density at radius 1 is 1.17 bits per heavy atom. The van der Waals surface area contributed by atoms with Crippen molar-refractivity contribution >= 4 is 34.3 Å². The van der Waals surface area contributed by atoms with Crippen LogP contribution in [0.5, 0.6) is 5.75 Å². The van der Waals surface area contributed by atoms with Crippen LogP contribution in [0.1, 0.15) is 18.4 Å². The predicted molar refractivity (Wildman–Crippen MR) is 121 cm³/mol. The summed E-state index contributed by atoms with van der Waals surface area (Å²) in [5, 5.41) is 1.04. The second-order valence-corrected chi connectivity index (χ2v) is 9.66. The summed E-state index contributed by atoms with van der Waals surface area (Å²) in [6.45, 7) is 3.65.